The van der Waals surface area contributed by atoms with Gasteiger partial charge in [0.15, 0.2) is 0 Å². The molecule has 0 amide bonds. The number of rotatable bonds is 6. The normalized spacial score (nSPS) is 11.3. The Bertz CT molecular complexity index is 875. The molecule has 0 saturated heterocycles. The summed E-state index contributed by atoms with van der Waals surface area (Å²) in [6, 6.07) is 12.2. The minimum atomic E-state index is -0.453. The van der Waals surface area contributed by atoms with Gasteiger partial charge in [-0.15, -0.1) is 0 Å². The van der Waals surface area contributed by atoms with Crippen molar-refractivity contribution in [2.24, 2.45) is 0 Å². The zero-order chi connectivity index (χ0) is 19.3. The van der Waals surface area contributed by atoms with E-state index in [1.54, 1.807) is 12.1 Å². The highest BCUT2D eigenvalue weighted by atomic mass is 16.6. The highest BCUT2D eigenvalue weighted by Gasteiger charge is 2.12. The van der Waals surface area contributed by atoms with E-state index in [1.807, 2.05) is 32.1 Å². The lowest BCUT2D eigenvalue weighted by Gasteiger charge is -2.16. The van der Waals surface area contributed by atoms with E-state index >= 15 is 0 Å². The first-order valence-electron chi connectivity index (χ1n) is 8.51. The van der Waals surface area contributed by atoms with E-state index in [-0.39, 0.29) is 11.6 Å². The van der Waals surface area contributed by atoms with Crippen LogP contribution in [-0.2, 0) is 0 Å². The summed E-state index contributed by atoms with van der Waals surface area (Å²) in [4.78, 5) is 10.3. The number of nitro groups is 1. The standard InChI is InChI=1S/C21H22N2O3/c1-5-26-21-10-15(4)17(12-20(21)14(2)3)11-18(13-22)16-6-8-19(9-7-16)23(24)25/h6-12,14H,5H2,1-4H3. The van der Waals surface area contributed by atoms with E-state index in [9.17, 15) is 15.4 Å². The van der Waals surface area contributed by atoms with Gasteiger partial charge in [0.1, 0.15) is 5.75 Å². The molecule has 2 rings (SSSR count). The minimum Gasteiger partial charge on any atom is -0.494 e. The molecule has 0 radical (unpaired) electrons. The Morgan fingerprint density at radius 2 is 1.96 bits per heavy atom. The van der Waals surface area contributed by atoms with Gasteiger partial charge in [-0.25, -0.2) is 0 Å². The fourth-order valence-corrected chi connectivity index (χ4v) is 2.70. The number of hydrogen-bond acceptors (Lipinski definition) is 4. The number of nitro benzene ring substituents is 1. The summed E-state index contributed by atoms with van der Waals surface area (Å²) < 4.78 is 5.74. The molecule has 134 valence electrons. The first-order chi connectivity index (χ1) is 12.4. The first kappa shape index (κ1) is 19.2. The second kappa shape index (κ2) is 8.30. The van der Waals surface area contributed by atoms with Crippen LogP contribution in [0.4, 0.5) is 5.69 Å². The van der Waals surface area contributed by atoms with Crippen molar-refractivity contribution >= 4 is 17.3 Å². The zero-order valence-corrected chi connectivity index (χ0v) is 15.4. The van der Waals surface area contributed by atoms with E-state index in [0.717, 1.165) is 22.4 Å². The highest BCUT2D eigenvalue weighted by molar-refractivity contribution is 5.90. The van der Waals surface area contributed by atoms with Gasteiger partial charge in [-0.3, -0.25) is 10.1 Å². The Morgan fingerprint density at radius 3 is 2.46 bits per heavy atom. The van der Waals surface area contributed by atoms with Gasteiger partial charge in [-0.1, -0.05) is 13.8 Å². The Balaban J connectivity index is 2.50. The summed E-state index contributed by atoms with van der Waals surface area (Å²) in [5.41, 5.74) is 4.15. The molecule has 5 heteroatoms. The number of nitrogens with zero attached hydrogens (tertiary/aromatic N) is 2. The smallest absolute Gasteiger partial charge is 0.269 e. The third-order valence-electron chi connectivity index (χ3n) is 4.13. The van der Waals surface area contributed by atoms with E-state index in [4.69, 9.17) is 4.74 Å². The Morgan fingerprint density at radius 1 is 1.31 bits per heavy atom. The van der Waals surface area contributed by atoms with E-state index in [2.05, 4.69) is 19.9 Å². The number of benzene rings is 2. The van der Waals surface area contributed by atoms with Crippen molar-refractivity contribution < 1.29 is 9.66 Å². The SMILES string of the molecule is CCOc1cc(C)c(C=C(C#N)c2ccc([N+](=O)[O-])cc2)cc1C(C)C. The molecule has 0 aromatic heterocycles. The number of allylic oxidation sites excluding steroid dienone is 1. The van der Waals surface area contributed by atoms with Crippen molar-refractivity contribution in [2.45, 2.75) is 33.6 Å². The van der Waals surface area contributed by atoms with Crippen LogP contribution in [0.25, 0.3) is 11.6 Å². The lowest BCUT2D eigenvalue weighted by atomic mass is 9.94. The quantitative estimate of drug-likeness (QED) is 0.299. The predicted octanol–water partition coefficient (Wildman–Crippen LogP) is 5.49. The van der Waals surface area contributed by atoms with Crippen molar-refractivity contribution in [3.05, 3.63) is 68.8 Å². The van der Waals surface area contributed by atoms with E-state index in [1.165, 1.54) is 12.1 Å². The van der Waals surface area contributed by atoms with E-state index < -0.39 is 4.92 Å². The fourth-order valence-electron chi connectivity index (χ4n) is 2.70. The van der Waals surface area contributed by atoms with Gasteiger partial charge in [0.25, 0.3) is 5.69 Å². The summed E-state index contributed by atoms with van der Waals surface area (Å²) in [5, 5.41) is 20.3. The van der Waals surface area contributed by atoms with Crippen molar-refractivity contribution in [3.8, 4) is 11.8 Å². The second-order valence-electron chi connectivity index (χ2n) is 6.31. The molecule has 2 aromatic carbocycles. The van der Waals surface area contributed by atoms with Crippen LogP contribution in [0.3, 0.4) is 0 Å². The number of aryl methyl sites for hydroxylation is 1. The first-order valence-corrected chi connectivity index (χ1v) is 8.51. The molecular weight excluding hydrogens is 328 g/mol. The molecular formula is C21H22N2O3. The van der Waals surface area contributed by atoms with Crippen LogP contribution in [-0.4, -0.2) is 11.5 Å². The van der Waals surface area contributed by atoms with Gasteiger partial charge >= 0.3 is 0 Å². The third-order valence-corrected chi connectivity index (χ3v) is 4.13. The summed E-state index contributed by atoms with van der Waals surface area (Å²) in [7, 11) is 0. The van der Waals surface area contributed by atoms with Crippen molar-refractivity contribution in [1.82, 2.24) is 0 Å². The maximum Gasteiger partial charge on any atom is 0.269 e. The second-order valence-corrected chi connectivity index (χ2v) is 6.31. The molecule has 0 unspecified atom stereocenters. The fraction of sp³-hybridized carbons (Fsp3) is 0.286. The molecule has 0 atom stereocenters. The summed E-state index contributed by atoms with van der Waals surface area (Å²) in [6.45, 7) is 8.73. The highest BCUT2D eigenvalue weighted by Crippen LogP contribution is 2.32. The van der Waals surface area contributed by atoms with Gasteiger partial charge in [0.05, 0.1) is 23.2 Å². The maximum absolute atomic E-state index is 10.8. The Hall–Kier alpha value is -3.13. The van der Waals surface area contributed by atoms with Crippen molar-refractivity contribution in [3.63, 3.8) is 0 Å². The van der Waals surface area contributed by atoms with Crippen LogP contribution in [0.2, 0.25) is 0 Å². The van der Waals surface area contributed by atoms with Crippen LogP contribution in [0.1, 0.15) is 48.9 Å². The third kappa shape index (κ3) is 4.28. The molecule has 0 bridgehead atoms. The van der Waals surface area contributed by atoms with Crippen LogP contribution in [0, 0.1) is 28.4 Å². The van der Waals surface area contributed by atoms with Crippen molar-refractivity contribution in [1.29, 1.82) is 5.26 Å². The number of nitriles is 1. The summed E-state index contributed by atoms with van der Waals surface area (Å²) in [6.07, 6.45) is 1.82. The number of non-ortho nitro benzene ring substituents is 1. The van der Waals surface area contributed by atoms with Gasteiger partial charge < -0.3 is 4.74 Å². The molecule has 0 spiro atoms. The zero-order valence-electron chi connectivity index (χ0n) is 15.4. The molecule has 0 heterocycles. The largest absolute Gasteiger partial charge is 0.494 e. The van der Waals surface area contributed by atoms with Crippen LogP contribution in [0.5, 0.6) is 5.75 Å². The Labute approximate surface area is 153 Å². The van der Waals surface area contributed by atoms with Gasteiger partial charge in [0, 0.05) is 12.1 Å². The average Bonchev–Trinajstić information content (AvgIpc) is 2.61. The topological polar surface area (TPSA) is 76.2 Å². The molecule has 0 saturated carbocycles. The number of hydrogen-bond donors (Lipinski definition) is 0. The lowest BCUT2D eigenvalue weighted by Crippen LogP contribution is -2.00. The monoisotopic (exact) mass is 350 g/mol. The number of ether oxygens (including phenoxy) is 1. The maximum atomic E-state index is 10.8. The predicted molar refractivity (Wildman–Crippen MR) is 103 cm³/mol. The van der Waals surface area contributed by atoms with E-state index in [0.29, 0.717) is 17.7 Å². The minimum absolute atomic E-state index is 0.00498. The molecule has 0 aliphatic heterocycles. The van der Waals surface area contributed by atoms with Gasteiger partial charge in [-0.05, 0) is 72.4 Å². The summed E-state index contributed by atoms with van der Waals surface area (Å²) >= 11 is 0. The molecule has 0 aliphatic rings. The van der Waals surface area contributed by atoms with Crippen LogP contribution in [0.15, 0.2) is 36.4 Å². The van der Waals surface area contributed by atoms with Crippen LogP contribution >= 0.6 is 0 Å². The molecule has 0 aliphatic carbocycles. The molecule has 0 N–H and O–H groups in total. The van der Waals surface area contributed by atoms with Crippen molar-refractivity contribution in [2.75, 3.05) is 6.61 Å². The molecule has 0 fully saturated rings. The molecule has 5 nitrogen and oxygen atoms in total. The van der Waals surface area contributed by atoms with Gasteiger partial charge in [0.2, 0.25) is 0 Å². The summed E-state index contributed by atoms with van der Waals surface area (Å²) in [5.74, 6) is 1.15. The molecule has 26 heavy (non-hydrogen) atoms. The lowest BCUT2D eigenvalue weighted by molar-refractivity contribution is -0.384. The van der Waals surface area contributed by atoms with Crippen LogP contribution < -0.4 is 4.74 Å². The average molecular weight is 350 g/mol. The van der Waals surface area contributed by atoms with Gasteiger partial charge in [-0.2, -0.15) is 5.26 Å². The Kier molecular flexibility index (Phi) is 6.13. The molecule has 2 aromatic rings.